The lowest BCUT2D eigenvalue weighted by molar-refractivity contribution is 0.311. The first-order valence-electron chi connectivity index (χ1n) is 5.85. The van der Waals surface area contributed by atoms with Gasteiger partial charge in [0.1, 0.15) is 0 Å². The van der Waals surface area contributed by atoms with Gasteiger partial charge in [-0.25, -0.2) is 0 Å². The quantitative estimate of drug-likeness (QED) is 0.703. The number of hydrogen-bond donors (Lipinski definition) is 1. The molecule has 2 atom stereocenters. The fourth-order valence-corrected chi connectivity index (χ4v) is 1.79. The lowest BCUT2D eigenvalue weighted by atomic mass is 9.99. The summed E-state index contributed by atoms with van der Waals surface area (Å²) in [4.78, 5) is 2.25. The van der Waals surface area contributed by atoms with E-state index in [1.54, 1.807) is 0 Å². The molecule has 0 bridgehead atoms. The molecule has 0 saturated heterocycles. The van der Waals surface area contributed by atoms with Crippen LogP contribution in [-0.4, -0.2) is 37.6 Å². The highest BCUT2D eigenvalue weighted by Gasteiger charge is 2.42. The summed E-state index contributed by atoms with van der Waals surface area (Å²) in [5.41, 5.74) is 0.604. The molecule has 1 saturated carbocycles. The molecule has 2 unspecified atom stereocenters. The maximum Gasteiger partial charge on any atom is 0.00950 e. The molecule has 0 radical (unpaired) electrons. The number of nitrogens with zero attached hydrogens (tertiary/aromatic N) is 1. The van der Waals surface area contributed by atoms with Crippen molar-refractivity contribution >= 4 is 0 Å². The third kappa shape index (κ3) is 3.58. The van der Waals surface area contributed by atoms with Gasteiger partial charge in [0.2, 0.25) is 0 Å². The van der Waals surface area contributed by atoms with E-state index in [9.17, 15) is 0 Å². The average Bonchev–Trinajstić information content (AvgIpc) is 2.81. The van der Waals surface area contributed by atoms with Gasteiger partial charge in [0.05, 0.1) is 0 Å². The molecule has 2 nitrogen and oxygen atoms in total. The van der Waals surface area contributed by atoms with E-state index in [0.29, 0.717) is 17.5 Å². The lowest BCUT2D eigenvalue weighted by Crippen LogP contribution is -2.40. The molecule has 1 N–H and O–H groups in total. The smallest absolute Gasteiger partial charge is 0.00950 e. The fourth-order valence-electron chi connectivity index (χ4n) is 1.79. The summed E-state index contributed by atoms with van der Waals surface area (Å²) < 4.78 is 0. The zero-order valence-electron chi connectivity index (χ0n) is 10.4. The summed E-state index contributed by atoms with van der Waals surface area (Å²) in [5.74, 6) is 0. The van der Waals surface area contributed by atoms with E-state index in [1.807, 2.05) is 0 Å². The molecule has 0 amide bonds. The molecule has 0 aliphatic heterocycles. The van der Waals surface area contributed by atoms with E-state index in [4.69, 9.17) is 0 Å². The highest BCUT2D eigenvalue weighted by molar-refractivity contribution is 4.97. The summed E-state index contributed by atoms with van der Waals surface area (Å²) in [5, 5.41) is 3.71. The zero-order chi connectivity index (χ0) is 10.8. The SMILES string of the molecule is CC(CCN(C)C)NC(C)C1(C)CC1. The predicted octanol–water partition coefficient (Wildman–Crippen LogP) is 2.10. The standard InChI is InChI=1S/C12H26N2/c1-10(6-9-14(4)5)13-11(2)12(3)7-8-12/h10-11,13H,6-9H2,1-5H3. The third-order valence-electron chi connectivity index (χ3n) is 3.63. The van der Waals surface area contributed by atoms with Crippen molar-refractivity contribution in [1.29, 1.82) is 0 Å². The molecule has 1 rings (SSSR count). The van der Waals surface area contributed by atoms with E-state index in [-0.39, 0.29) is 0 Å². The van der Waals surface area contributed by atoms with Crippen LogP contribution in [0, 0.1) is 5.41 Å². The van der Waals surface area contributed by atoms with Crippen LogP contribution in [0.5, 0.6) is 0 Å². The van der Waals surface area contributed by atoms with Crippen molar-refractivity contribution in [2.75, 3.05) is 20.6 Å². The predicted molar refractivity (Wildman–Crippen MR) is 62.6 cm³/mol. The molecule has 0 spiro atoms. The summed E-state index contributed by atoms with van der Waals surface area (Å²) in [7, 11) is 4.27. The van der Waals surface area contributed by atoms with Gasteiger partial charge in [0, 0.05) is 12.1 Å². The second-order valence-electron chi connectivity index (χ2n) is 5.54. The zero-order valence-corrected chi connectivity index (χ0v) is 10.4. The van der Waals surface area contributed by atoms with Gasteiger partial charge in [-0.15, -0.1) is 0 Å². The molecule has 0 heterocycles. The molecule has 0 aromatic heterocycles. The van der Waals surface area contributed by atoms with Gasteiger partial charge in [-0.05, 0) is 59.2 Å². The van der Waals surface area contributed by atoms with Crippen LogP contribution < -0.4 is 5.32 Å². The minimum atomic E-state index is 0.604. The Bertz CT molecular complexity index is 173. The Morgan fingerprint density at radius 3 is 2.29 bits per heavy atom. The van der Waals surface area contributed by atoms with E-state index in [0.717, 1.165) is 0 Å². The molecule has 0 aromatic carbocycles. The van der Waals surface area contributed by atoms with Crippen molar-refractivity contribution in [2.45, 2.75) is 52.1 Å². The Morgan fingerprint density at radius 2 is 1.86 bits per heavy atom. The van der Waals surface area contributed by atoms with Crippen LogP contribution in [0.4, 0.5) is 0 Å². The lowest BCUT2D eigenvalue weighted by Gasteiger charge is -2.25. The van der Waals surface area contributed by atoms with Crippen molar-refractivity contribution in [3.63, 3.8) is 0 Å². The Morgan fingerprint density at radius 1 is 1.29 bits per heavy atom. The first-order chi connectivity index (χ1) is 6.44. The fraction of sp³-hybridized carbons (Fsp3) is 1.00. The highest BCUT2D eigenvalue weighted by Crippen LogP contribution is 2.48. The van der Waals surface area contributed by atoms with Crippen molar-refractivity contribution < 1.29 is 0 Å². The van der Waals surface area contributed by atoms with Crippen molar-refractivity contribution in [3.05, 3.63) is 0 Å². The second kappa shape index (κ2) is 4.63. The van der Waals surface area contributed by atoms with E-state index in [2.05, 4.69) is 45.1 Å². The molecule has 14 heavy (non-hydrogen) atoms. The van der Waals surface area contributed by atoms with Gasteiger partial charge >= 0.3 is 0 Å². The normalized spacial score (nSPS) is 23.6. The van der Waals surface area contributed by atoms with Gasteiger partial charge in [0.15, 0.2) is 0 Å². The number of rotatable bonds is 6. The maximum atomic E-state index is 3.71. The molecule has 1 aliphatic rings. The first kappa shape index (κ1) is 12.0. The second-order valence-corrected chi connectivity index (χ2v) is 5.54. The number of hydrogen-bond acceptors (Lipinski definition) is 2. The maximum absolute atomic E-state index is 3.71. The minimum absolute atomic E-state index is 0.604. The molecule has 2 heteroatoms. The number of nitrogens with one attached hydrogen (secondary N) is 1. The third-order valence-corrected chi connectivity index (χ3v) is 3.63. The molecular formula is C12H26N2. The first-order valence-corrected chi connectivity index (χ1v) is 5.85. The van der Waals surface area contributed by atoms with Crippen LogP contribution in [0.15, 0.2) is 0 Å². The molecular weight excluding hydrogens is 172 g/mol. The van der Waals surface area contributed by atoms with Gasteiger partial charge in [-0.3, -0.25) is 0 Å². The van der Waals surface area contributed by atoms with Crippen molar-refractivity contribution in [3.8, 4) is 0 Å². The van der Waals surface area contributed by atoms with Crippen molar-refractivity contribution in [1.82, 2.24) is 10.2 Å². The van der Waals surface area contributed by atoms with Gasteiger partial charge in [0.25, 0.3) is 0 Å². The Hall–Kier alpha value is -0.0800. The van der Waals surface area contributed by atoms with Crippen LogP contribution in [0.25, 0.3) is 0 Å². The molecule has 84 valence electrons. The summed E-state index contributed by atoms with van der Waals surface area (Å²) in [6.07, 6.45) is 4.05. The van der Waals surface area contributed by atoms with Gasteiger partial charge in [-0.2, -0.15) is 0 Å². The van der Waals surface area contributed by atoms with E-state index >= 15 is 0 Å². The Kier molecular flexibility index (Phi) is 3.96. The molecule has 1 fully saturated rings. The molecule has 0 aromatic rings. The van der Waals surface area contributed by atoms with E-state index in [1.165, 1.54) is 25.8 Å². The highest BCUT2D eigenvalue weighted by atomic mass is 15.1. The van der Waals surface area contributed by atoms with Crippen LogP contribution in [0.1, 0.15) is 40.0 Å². The Balaban J connectivity index is 2.16. The van der Waals surface area contributed by atoms with Crippen molar-refractivity contribution in [2.24, 2.45) is 5.41 Å². The minimum Gasteiger partial charge on any atom is -0.311 e. The van der Waals surface area contributed by atoms with Crippen LogP contribution >= 0.6 is 0 Å². The average molecular weight is 198 g/mol. The molecule has 1 aliphatic carbocycles. The largest absolute Gasteiger partial charge is 0.311 e. The summed E-state index contributed by atoms with van der Waals surface area (Å²) >= 11 is 0. The van der Waals surface area contributed by atoms with Gasteiger partial charge < -0.3 is 10.2 Å². The summed E-state index contributed by atoms with van der Waals surface area (Å²) in [6.45, 7) is 8.20. The van der Waals surface area contributed by atoms with Gasteiger partial charge in [-0.1, -0.05) is 6.92 Å². The summed E-state index contributed by atoms with van der Waals surface area (Å²) in [6, 6.07) is 1.32. The van der Waals surface area contributed by atoms with E-state index < -0.39 is 0 Å². The topological polar surface area (TPSA) is 15.3 Å². The van der Waals surface area contributed by atoms with Crippen LogP contribution in [-0.2, 0) is 0 Å². The Labute approximate surface area is 89.1 Å². The monoisotopic (exact) mass is 198 g/mol. The van der Waals surface area contributed by atoms with Crippen LogP contribution in [0.3, 0.4) is 0 Å². The van der Waals surface area contributed by atoms with Crippen LogP contribution in [0.2, 0.25) is 0 Å².